The van der Waals surface area contributed by atoms with Crippen molar-refractivity contribution in [3.63, 3.8) is 0 Å². The van der Waals surface area contributed by atoms with Gasteiger partial charge in [0.15, 0.2) is 17.5 Å². The van der Waals surface area contributed by atoms with Crippen LogP contribution in [0.5, 0.6) is 0 Å². The third kappa shape index (κ3) is 5.49. The number of benzene rings is 8. The Kier molecular flexibility index (Phi) is 7.57. The molecule has 0 saturated carbocycles. The summed E-state index contributed by atoms with van der Waals surface area (Å²) in [6.07, 6.45) is 0. The summed E-state index contributed by atoms with van der Waals surface area (Å²) in [5.74, 6) is 1.96. The fraction of sp³-hybridized carbons (Fsp3) is 0. The Balaban J connectivity index is 1.08. The molecule has 1 aliphatic rings. The standard InChI is InChI=1S/C49H30N4S2/c1-4-13-31(14-5-1)47-50-48(32-15-6-2-7-16-32)52-49(51-47)33-23-26-43-39(29-33)37-20-12-21-38-41(25-28-45(55-43)46(37)38)53(34-17-8-3-9-18-34)35-24-27-44-40(30-35)36-19-10-11-22-42(36)54-44/h1-30H. The Morgan fingerprint density at radius 3 is 1.75 bits per heavy atom. The highest BCUT2D eigenvalue weighted by atomic mass is 32.2. The van der Waals surface area contributed by atoms with Gasteiger partial charge in [-0.15, -0.1) is 11.3 Å². The zero-order valence-electron chi connectivity index (χ0n) is 29.4. The Labute approximate surface area is 326 Å². The second-order valence-corrected chi connectivity index (χ2v) is 15.8. The zero-order chi connectivity index (χ0) is 36.3. The predicted octanol–water partition coefficient (Wildman–Crippen LogP) is 14.0. The van der Waals surface area contributed by atoms with Gasteiger partial charge in [0, 0.05) is 68.8 Å². The highest BCUT2D eigenvalue weighted by Gasteiger charge is 2.25. The molecule has 3 heterocycles. The number of hydrogen-bond acceptors (Lipinski definition) is 6. The maximum atomic E-state index is 5.05. The lowest BCUT2D eigenvalue weighted by molar-refractivity contribution is 1.07. The third-order valence-corrected chi connectivity index (χ3v) is 12.6. The molecule has 0 amide bonds. The van der Waals surface area contributed by atoms with E-state index >= 15 is 0 Å². The van der Waals surface area contributed by atoms with E-state index in [9.17, 15) is 0 Å². The van der Waals surface area contributed by atoms with Crippen LogP contribution >= 0.6 is 23.1 Å². The summed E-state index contributed by atoms with van der Waals surface area (Å²) in [5.41, 5.74) is 8.64. The fourth-order valence-corrected chi connectivity index (χ4v) is 9.94. The molecule has 4 nitrogen and oxygen atoms in total. The van der Waals surface area contributed by atoms with E-state index in [1.54, 1.807) is 0 Å². The molecule has 0 aliphatic carbocycles. The van der Waals surface area contributed by atoms with Gasteiger partial charge in [0.2, 0.25) is 0 Å². The summed E-state index contributed by atoms with van der Waals surface area (Å²) < 4.78 is 2.60. The van der Waals surface area contributed by atoms with Crippen molar-refractivity contribution in [3.8, 4) is 45.3 Å². The molecule has 11 rings (SSSR count). The first kappa shape index (κ1) is 31.9. The van der Waals surface area contributed by atoms with Gasteiger partial charge in [0.1, 0.15) is 0 Å². The minimum Gasteiger partial charge on any atom is -0.310 e. The summed E-state index contributed by atoms with van der Waals surface area (Å²) in [7, 11) is 0. The lowest BCUT2D eigenvalue weighted by Crippen LogP contribution is -2.11. The molecule has 2 aromatic heterocycles. The van der Waals surface area contributed by atoms with E-state index in [1.807, 2.05) is 83.8 Å². The number of para-hydroxylation sites is 1. The first-order valence-electron chi connectivity index (χ1n) is 18.3. The molecule has 0 bridgehead atoms. The Morgan fingerprint density at radius 2 is 1.00 bits per heavy atom. The first-order chi connectivity index (χ1) is 27.2. The molecule has 258 valence electrons. The molecule has 0 fully saturated rings. The maximum absolute atomic E-state index is 5.05. The number of fused-ring (bicyclic) bond motifs is 5. The number of hydrogen-bond donors (Lipinski definition) is 0. The SMILES string of the molecule is c1ccc(-c2nc(-c3ccccc3)nc(-c3ccc4c(c3)-c3cccc5c(N(c6ccccc6)c6ccc7sc8ccccc8c7c6)ccc(c35)S4)n2)cc1. The van der Waals surface area contributed by atoms with Crippen LogP contribution in [0.2, 0.25) is 0 Å². The molecule has 0 unspecified atom stereocenters. The van der Waals surface area contributed by atoms with Crippen LogP contribution in [0.1, 0.15) is 0 Å². The van der Waals surface area contributed by atoms with Crippen LogP contribution in [0, 0.1) is 0 Å². The summed E-state index contributed by atoms with van der Waals surface area (Å²) in [6, 6.07) is 64.5. The molecule has 1 aliphatic heterocycles. The monoisotopic (exact) mass is 738 g/mol. The van der Waals surface area contributed by atoms with Crippen molar-refractivity contribution in [3.05, 3.63) is 182 Å². The van der Waals surface area contributed by atoms with Crippen LogP contribution in [0.3, 0.4) is 0 Å². The minimum absolute atomic E-state index is 0.652. The summed E-state index contributed by atoms with van der Waals surface area (Å²) in [6.45, 7) is 0. The Bertz CT molecular complexity index is 3010. The average Bonchev–Trinajstić information content (AvgIpc) is 3.63. The number of thiophene rings is 1. The van der Waals surface area contributed by atoms with Crippen LogP contribution in [0.15, 0.2) is 192 Å². The van der Waals surface area contributed by atoms with Gasteiger partial charge in [-0.1, -0.05) is 133 Å². The quantitative estimate of drug-likeness (QED) is 0.170. The number of anilines is 3. The van der Waals surface area contributed by atoms with E-state index in [4.69, 9.17) is 15.0 Å². The molecule has 6 heteroatoms. The van der Waals surface area contributed by atoms with Crippen LogP contribution in [-0.2, 0) is 0 Å². The van der Waals surface area contributed by atoms with E-state index in [2.05, 4.69) is 126 Å². The summed E-state index contributed by atoms with van der Waals surface area (Å²) in [4.78, 5) is 19.9. The summed E-state index contributed by atoms with van der Waals surface area (Å²) in [5, 5.41) is 5.03. The largest absolute Gasteiger partial charge is 0.310 e. The minimum atomic E-state index is 0.652. The maximum Gasteiger partial charge on any atom is 0.164 e. The van der Waals surface area contributed by atoms with E-state index in [1.165, 1.54) is 51.9 Å². The molecule has 55 heavy (non-hydrogen) atoms. The van der Waals surface area contributed by atoms with Gasteiger partial charge in [-0.05, 0) is 71.8 Å². The van der Waals surface area contributed by atoms with Gasteiger partial charge in [0.25, 0.3) is 0 Å². The van der Waals surface area contributed by atoms with Crippen molar-refractivity contribution < 1.29 is 0 Å². The lowest BCUT2D eigenvalue weighted by atomic mass is 9.94. The predicted molar refractivity (Wildman–Crippen MR) is 231 cm³/mol. The van der Waals surface area contributed by atoms with Gasteiger partial charge in [-0.25, -0.2) is 15.0 Å². The second-order valence-electron chi connectivity index (χ2n) is 13.6. The van der Waals surface area contributed by atoms with Gasteiger partial charge >= 0.3 is 0 Å². The van der Waals surface area contributed by atoms with Crippen LogP contribution in [0.4, 0.5) is 17.1 Å². The van der Waals surface area contributed by atoms with Gasteiger partial charge < -0.3 is 4.90 Å². The molecular weight excluding hydrogens is 709 g/mol. The molecular formula is C49H30N4S2. The van der Waals surface area contributed by atoms with Gasteiger partial charge in [-0.3, -0.25) is 0 Å². The second kappa shape index (κ2) is 13.1. The van der Waals surface area contributed by atoms with E-state index < -0.39 is 0 Å². The van der Waals surface area contributed by atoms with Crippen LogP contribution < -0.4 is 4.90 Å². The topological polar surface area (TPSA) is 41.9 Å². The van der Waals surface area contributed by atoms with Crippen molar-refractivity contribution in [1.82, 2.24) is 15.0 Å². The molecule has 8 aromatic carbocycles. The highest BCUT2D eigenvalue weighted by molar-refractivity contribution is 7.99. The average molecular weight is 739 g/mol. The number of aromatic nitrogens is 3. The highest BCUT2D eigenvalue weighted by Crippen LogP contribution is 2.52. The molecule has 0 spiro atoms. The molecule has 0 saturated heterocycles. The Hall–Kier alpha value is -6.60. The first-order valence-corrected chi connectivity index (χ1v) is 19.9. The van der Waals surface area contributed by atoms with Crippen LogP contribution in [-0.4, -0.2) is 15.0 Å². The smallest absolute Gasteiger partial charge is 0.164 e. The van der Waals surface area contributed by atoms with Crippen molar-refractivity contribution in [1.29, 1.82) is 0 Å². The Morgan fingerprint density at radius 1 is 0.382 bits per heavy atom. The molecule has 10 aromatic rings. The number of nitrogens with zero attached hydrogens (tertiary/aromatic N) is 4. The van der Waals surface area contributed by atoms with Gasteiger partial charge in [0.05, 0.1) is 5.69 Å². The molecule has 0 N–H and O–H groups in total. The van der Waals surface area contributed by atoms with E-state index in [0.29, 0.717) is 17.5 Å². The van der Waals surface area contributed by atoms with Crippen molar-refractivity contribution in [2.24, 2.45) is 0 Å². The van der Waals surface area contributed by atoms with Crippen molar-refractivity contribution in [2.45, 2.75) is 9.79 Å². The van der Waals surface area contributed by atoms with Crippen LogP contribution in [0.25, 0.3) is 76.2 Å². The normalized spacial score (nSPS) is 11.9. The van der Waals surface area contributed by atoms with E-state index in [0.717, 1.165) is 33.8 Å². The molecule has 0 atom stereocenters. The lowest BCUT2D eigenvalue weighted by Gasteiger charge is -2.29. The zero-order valence-corrected chi connectivity index (χ0v) is 31.1. The third-order valence-electron chi connectivity index (χ3n) is 10.3. The van der Waals surface area contributed by atoms with E-state index in [-0.39, 0.29) is 0 Å². The number of rotatable bonds is 6. The van der Waals surface area contributed by atoms with Gasteiger partial charge in [-0.2, -0.15) is 0 Å². The molecule has 0 radical (unpaired) electrons. The van der Waals surface area contributed by atoms with Crippen molar-refractivity contribution in [2.75, 3.05) is 4.90 Å². The van der Waals surface area contributed by atoms with Crippen molar-refractivity contribution >= 4 is 71.1 Å². The fourth-order valence-electron chi connectivity index (χ4n) is 7.75. The summed E-state index contributed by atoms with van der Waals surface area (Å²) >= 11 is 3.67.